The largest absolute Gasteiger partial charge is 0.327 e. The number of amides is 1. The Morgan fingerprint density at radius 3 is 2.94 bits per heavy atom. The molecule has 4 atom stereocenters. The lowest BCUT2D eigenvalue weighted by Gasteiger charge is -2.26. The Hall–Kier alpha value is -1.38. The molecule has 1 aromatic heterocycles. The van der Waals surface area contributed by atoms with Gasteiger partial charge in [-0.05, 0) is 42.5 Å². The van der Waals surface area contributed by atoms with E-state index in [0.717, 1.165) is 19.3 Å². The van der Waals surface area contributed by atoms with Gasteiger partial charge in [0.15, 0.2) is 0 Å². The van der Waals surface area contributed by atoms with Crippen molar-refractivity contribution in [2.45, 2.75) is 25.3 Å². The Morgan fingerprint density at radius 2 is 2.28 bits per heavy atom. The molecule has 0 aliphatic heterocycles. The van der Waals surface area contributed by atoms with Gasteiger partial charge in [0, 0.05) is 6.04 Å². The number of hydrogen-bond donors (Lipinski definition) is 2. The van der Waals surface area contributed by atoms with Crippen LogP contribution in [-0.4, -0.2) is 11.9 Å². The van der Waals surface area contributed by atoms with Gasteiger partial charge in [-0.25, -0.2) is 0 Å². The average Bonchev–Trinajstić information content (AvgIpc) is 3.03. The van der Waals surface area contributed by atoms with Gasteiger partial charge in [-0.3, -0.25) is 4.79 Å². The Labute approximate surface area is 110 Å². The normalized spacial score (nSPS) is 33.3. The van der Waals surface area contributed by atoms with Gasteiger partial charge in [0.2, 0.25) is 5.91 Å². The van der Waals surface area contributed by atoms with Gasteiger partial charge in [0.05, 0.1) is 11.5 Å². The van der Waals surface area contributed by atoms with Crippen molar-refractivity contribution < 1.29 is 4.79 Å². The molecule has 2 aliphatic rings. The van der Waals surface area contributed by atoms with Crippen molar-refractivity contribution in [2.75, 3.05) is 5.32 Å². The number of hydrogen-bond acceptors (Lipinski definition) is 4. The van der Waals surface area contributed by atoms with Gasteiger partial charge in [-0.2, -0.15) is 5.26 Å². The molecular weight excluding hydrogens is 246 g/mol. The molecule has 0 spiro atoms. The minimum Gasteiger partial charge on any atom is -0.327 e. The van der Waals surface area contributed by atoms with Crippen molar-refractivity contribution in [1.29, 1.82) is 5.26 Å². The van der Waals surface area contributed by atoms with E-state index in [1.54, 1.807) is 6.07 Å². The average molecular weight is 261 g/mol. The van der Waals surface area contributed by atoms with Crippen molar-refractivity contribution in [3.63, 3.8) is 0 Å². The van der Waals surface area contributed by atoms with Crippen LogP contribution in [-0.2, 0) is 4.79 Å². The SMILES string of the molecule is N#Cc1ccsc1NC(=O)C1C2CCC(C2)C1N. The van der Waals surface area contributed by atoms with Crippen LogP contribution in [0.15, 0.2) is 11.4 Å². The molecule has 4 unspecified atom stereocenters. The molecule has 3 rings (SSSR count). The predicted octanol–water partition coefficient (Wildman–Crippen LogP) is 1.93. The molecular formula is C13H15N3OS. The molecule has 4 nitrogen and oxygen atoms in total. The molecule has 2 fully saturated rings. The van der Waals surface area contributed by atoms with E-state index in [4.69, 9.17) is 11.0 Å². The quantitative estimate of drug-likeness (QED) is 0.853. The minimum absolute atomic E-state index is 0.00533. The summed E-state index contributed by atoms with van der Waals surface area (Å²) in [4.78, 5) is 12.3. The van der Waals surface area contributed by atoms with Crippen LogP contribution in [0.4, 0.5) is 5.00 Å². The van der Waals surface area contributed by atoms with Crippen molar-refractivity contribution in [1.82, 2.24) is 0 Å². The number of anilines is 1. The molecule has 0 saturated heterocycles. The first-order valence-corrected chi connectivity index (χ1v) is 7.12. The summed E-state index contributed by atoms with van der Waals surface area (Å²) in [5.41, 5.74) is 6.67. The monoisotopic (exact) mass is 261 g/mol. The van der Waals surface area contributed by atoms with Gasteiger partial charge in [0.25, 0.3) is 0 Å². The van der Waals surface area contributed by atoms with Gasteiger partial charge < -0.3 is 11.1 Å². The zero-order valence-corrected chi connectivity index (χ0v) is 10.7. The molecule has 94 valence electrons. The Kier molecular flexibility index (Phi) is 2.84. The minimum atomic E-state index is -0.0719. The van der Waals surface area contributed by atoms with Crippen LogP contribution < -0.4 is 11.1 Å². The first-order chi connectivity index (χ1) is 8.70. The second kappa shape index (κ2) is 4.38. The maximum Gasteiger partial charge on any atom is 0.229 e. The van der Waals surface area contributed by atoms with Crippen LogP contribution in [0.2, 0.25) is 0 Å². The molecule has 1 heterocycles. The number of fused-ring (bicyclic) bond motifs is 2. The lowest BCUT2D eigenvalue weighted by Crippen LogP contribution is -2.42. The number of rotatable bonds is 2. The first kappa shape index (κ1) is 11.7. The Balaban J connectivity index is 1.75. The van der Waals surface area contributed by atoms with Crippen molar-refractivity contribution in [2.24, 2.45) is 23.5 Å². The van der Waals surface area contributed by atoms with Crippen molar-refractivity contribution in [3.05, 3.63) is 17.0 Å². The van der Waals surface area contributed by atoms with Crippen LogP contribution in [0.25, 0.3) is 0 Å². The van der Waals surface area contributed by atoms with Crippen LogP contribution in [0.5, 0.6) is 0 Å². The Morgan fingerprint density at radius 1 is 1.50 bits per heavy atom. The maximum absolute atomic E-state index is 12.3. The highest BCUT2D eigenvalue weighted by atomic mass is 32.1. The predicted molar refractivity (Wildman–Crippen MR) is 70.0 cm³/mol. The highest BCUT2D eigenvalue weighted by Gasteiger charge is 2.49. The third-order valence-electron chi connectivity index (χ3n) is 4.31. The second-order valence-electron chi connectivity index (χ2n) is 5.20. The zero-order valence-electron chi connectivity index (χ0n) is 9.93. The summed E-state index contributed by atoms with van der Waals surface area (Å²) in [5.74, 6) is 0.881. The van der Waals surface area contributed by atoms with Gasteiger partial charge >= 0.3 is 0 Å². The topological polar surface area (TPSA) is 78.9 Å². The molecule has 1 amide bonds. The highest BCUT2D eigenvalue weighted by Crippen LogP contribution is 2.48. The lowest BCUT2D eigenvalue weighted by atomic mass is 9.84. The molecule has 0 radical (unpaired) electrons. The molecule has 18 heavy (non-hydrogen) atoms. The third-order valence-corrected chi connectivity index (χ3v) is 5.14. The molecule has 2 bridgehead atoms. The summed E-state index contributed by atoms with van der Waals surface area (Å²) in [6.45, 7) is 0. The molecule has 1 aromatic rings. The number of nitrogens with zero attached hydrogens (tertiary/aromatic N) is 1. The summed E-state index contributed by atoms with van der Waals surface area (Å²) in [7, 11) is 0. The van der Waals surface area contributed by atoms with E-state index in [0.29, 0.717) is 22.4 Å². The van der Waals surface area contributed by atoms with E-state index in [-0.39, 0.29) is 17.9 Å². The maximum atomic E-state index is 12.3. The standard InChI is InChI=1S/C13H15N3OS/c14-6-9-3-4-18-13(9)16-12(17)10-7-1-2-8(5-7)11(10)15/h3-4,7-8,10-11H,1-2,5,15H2,(H,16,17). The Bertz CT molecular complexity index is 517. The van der Waals surface area contributed by atoms with Crippen LogP contribution in [0.1, 0.15) is 24.8 Å². The van der Waals surface area contributed by atoms with E-state index in [2.05, 4.69) is 11.4 Å². The number of carbonyl (C=O) groups excluding carboxylic acids is 1. The molecule has 2 saturated carbocycles. The number of nitrogens with one attached hydrogen (secondary N) is 1. The molecule has 5 heteroatoms. The fourth-order valence-electron chi connectivity index (χ4n) is 3.41. The van der Waals surface area contributed by atoms with E-state index >= 15 is 0 Å². The second-order valence-corrected chi connectivity index (χ2v) is 6.12. The number of thiophene rings is 1. The van der Waals surface area contributed by atoms with Crippen molar-refractivity contribution >= 4 is 22.2 Å². The smallest absolute Gasteiger partial charge is 0.229 e. The third kappa shape index (κ3) is 1.73. The number of carbonyl (C=O) groups is 1. The summed E-state index contributed by atoms with van der Waals surface area (Å²) in [6.07, 6.45) is 3.37. The van der Waals surface area contributed by atoms with Crippen LogP contribution in [0, 0.1) is 29.1 Å². The summed E-state index contributed by atoms with van der Waals surface area (Å²) < 4.78 is 0. The first-order valence-electron chi connectivity index (χ1n) is 6.24. The lowest BCUT2D eigenvalue weighted by molar-refractivity contribution is -0.121. The van der Waals surface area contributed by atoms with E-state index in [1.807, 2.05) is 5.38 Å². The van der Waals surface area contributed by atoms with E-state index in [1.165, 1.54) is 11.3 Å². The molecule has 0 aromatic carbocycles. The van der Waals surface area contributed by atoms with Crippen molar-refractivity contribution in [3.8, 4) is 6.07 Å². The van der Waals surface area contributed by atoms with Crippen LogP contribution >= 0.6 is 11.3 Å². The summed E-state index contributed by atoms with van der Waals surface area (Å²) in [6, 6.07) is 3.80. The van der Waals surface area contributed by atoms with Crippen LogP contribution in [0.3, 0.4) is 0 Å². The summed E-state index contributed by atoms with van der Waals surface area (Å²) >= 11 is 1.39. The van der Waals surface area contributed by atoms with Gasteiger partial charge in [-0.1, -0.05) is 0 Å². The fraction of sp³-hybridized carbons (Fsp3) is 0.538. The van der Waals surface area contributed by atoms with Gasteiger partial charge in [-0.15, -0.1) is 11.3 Å². The number of nitrogens with two attached hydrogens (primary N) is 1. The van der Waals surface area contributed by atoms with E-state index < -0.39 is 0 Å². The van der Waals surface area contributed by atoms with Gasteiger partial charge in [0.1, 0.15) is 11.1 Å². The van der Waals surface area contributed by atoms with E-state index in [9.17, 15) is 4.79 Å². The zero-order chi connectivity index (χ0) is 12.7. The molecule has 3 N–H and O–H groups in total. The number of nitriles is 1. The summed E-state index contributed by atoms with van der Waals surface area (Å²) in [5, 5.41) is 14.3. The molecule has 2 aliphatic carbocycles. The fourth-order valence-corrected chi connectivity index (χ4v) is 4.15. The highest BCUT2D eigenvalue weighted by molar-refractivity contribution is 7.14.